The maximum absolute atomic E-state index is 14.3. The Labute approximate surface area is 106 Å². The molecule has 1 aromatic rings. The van der Waals surface area contributed by atoms with Crippen LogP contribution >= 0.6 is 0 Å². The molecule has 0 radical (unpaired) electrons. The Hall–Kier alpha value is -1.42. The van der Waals surface area contributed by atoms with Gasteiger partial charge in [-0.25, -0.2) is 4.39 Å². The molecule has 2 N–H and O–H groups in total. The minimum Gasteiger partial charge on any atom is -0.487 e. The number of benzene rings is 1. The first-order valence-corrected chi connectivity index (χ1v) is 6.12. The lowest BCUT2D eigenvalue weighted by molar-refractivity contribution is 0.0829. The molecule has 1 aromatic carbocycles. The van der Waals surface area contributed by atoms with Crippen molar-refractivity contribution < 1.29 is 13.9 Å². The van der Waals surface area contributed by atoms with Crippen LogP contribution in [0.15, 0.2) is 12.1 Å². The number of carbonyl (C=O) groups excluding carboxylic acids is 1. The molecule has 0 bridgehead atoms. The van der Waals surface area contributed by atoms with Gasteiger partial charge in [-0.05, 0) is 45.7 Å². The number of carbonyl (C=O) groups is 1. The summed E-state index contributed by atoms with van der Waals surface area (Å²) in [6, 6.07) is 2.43. The van der Waals surface area contributed by atoms with Gasteiger partial charge in [0.05, 0.1) is 11.6 Å². The molecule has 0 spiro atoms. The van der Waals surface area contributed by atoms with Crippen molar-refractivity contribution in [2.45, 2.75) is 45.3 Å². The first-order valence-electron chi connectivity index (χ1n) is 6.12. The van der Waals surface area contributed by atoms with Gasteiger partial charge >= 0.3 is 0 Å². The minimum atomic E-state index is -0.696. The number of ketones is 1. The van der Waals surface area contributed by atoms with Crippen LogP contribution in [0.5, 0.6) is 5.75 Å². The molecule has 0 aliphatic carbocycles. The fourth-order valence-electron chi connectivity index (χ4n) is 2.14. The average Bonchev–Trinajstić information content (AvgIpc) is 2.27. The van der Waals surface area contributed by atoms with Crippen LogP contribution in [-0.4, -0.2) is 17.4 Å². The van der Waals surface area contributed by atoms with Crippen LogP contribution in [0.2, 0.25) is 0 Å². The Morgan fingerprint density at radius 3 is 2.78 bits per heavy atom. The van der Waals surface area contributed by atoms with Crippen LogP contribution in [0.3, 0.4) is 0 Å². The quantitative estimate of drug-likeness (QED) is 0.821. The fraction of sp³-hybridized carbons (Fsp3) is 0.500. The van der Waals surface area contributed by atoms with E-state index in [9.17, 15) is 9.18 Å². The molecular weight excluding hydrogens is 233 g/mol. The number of ether oxygens (including phenoxy) is 1. The third kappa shape index (κ3) is 2.25. The van der Waals surface area contributed by atoms with Crippen LogP contribution < -0.4 is 10.5 Å². The summed E-state index contributed by atoms with van der Waals surface area (Å²) < 4.78 is 20.0. The Morgan fingerprint density at radius 1 is 1.50 bits per heavy atom. The van der Waals surface area contributed by atoms with Crippen molar-refractivity contribution in [2.24, 2.45) is 5.73 Å². The van der Waals surface area contributed by atoms with E-state index in [1.54, 1.807) is 13.0 Å². The maximum Gasteiger partial charge on any atom is 0.182 e. The summed E-state index contributed by atoms with van der Waals surface area (Å²) in [6.45, 7) is 5.49. The Balaban J connectivity index is 2.43. The Bertz CT molecular complexity index is 495. The number of hydrogen-bond acceptors (Lipinski definition) is 3. The van der Waals surface area contributed by atoms with Gasteiger partial charge in [-0.2, -0.15) is 0 Å². The van der Waals surface area contributed by atoms with Crippen LogP contribution in [-0.2, 0) is 6.42 Å². The molecule has 0 amide bonds. The molecule has 2 rings (SSSR count). The molecule has 0 aromatic heterocycles. The molecule has 0 saturated heterocycles. The highest BCUT2D eigenvalue weighted by Crippen LogP contribution is 2.35. The fourth-order valence-corrected chi connectivity index (χ4v) is 2.14. The molecule has 0 saturated carbocycles. The minimum absolute atomic E-state index is 0.0621. The summed E-state index contributed by atoms with van der Waals surface area (Å²) in [4.78, 5) is 11.8. The zero-order chi connectivity index (χ0) is 13.5. The third-order valence-corrected chi connectivity index (χ3v) is 3.24. The van der Waals surface area contributed by atoms with Gasteiger partial charge in [-0.3, -0.25) is 4.79 Å². The maximum atomic E-state index is 14.3. The highest BCUT2D eigenvalue weighted by atomic mass is 19.1. The van der Waals surface area contributed by atoms with Crippen LogP contribution in [0.25, 0.3) is 0 Å². The highest BCUT2D eigenvalue weighted by Gasteiger charge is 2.30. The van der Waals surface area contributed by atoms with Crippen molar-refractivity contribution in [3.05, 3.63) is 29.1 Å². The summed E-state index contributed by atoms with van der Waals surface area (Å²) in [5.74, 6) is -0.324. The van der Waals surface area contributed by atoms with Crippen molar-refractivity contribution in [3.63, 3.8) is 0 Å². The molecule has 98 valence electrons. The molecule has 1 aliphatic heterocycles. The Kier molecular flexibility index (Phi) is 3.15. The van der Waals surface area contributed by atoms with E-state index in [2.05, 4.69) is 0 Å². The average molecular weight is 251 g/mol. The molecule has 18 heavy (non-hydrogen) atoms. The van der Waals surface area contributed by atoms with Crippen molar-refractivity contribution in [2.75, 3.05) is 0 Å². The van der Waals surface area contributed by atoms with Gasteiger partial charge < -0.3 is 10.5 Å². The first kappa shape index (κ1) is 13.0. The number of nitrogens with two attached hydrogens (primary N) is 1. The van der Waals surface area contributed by atoms with E-state index in [-0.39, 0.29) is 16.9 Å². The SMILES string of the molecule is CC(N)C(=O)c1ccc2c(c1F)CCC(C)(C)O2. The van der Waals surface area contributed by atoms with E-state index in [0.29, 0.717) is 17.7 Å². The number of hydrogen-bond donors (Lipinski definition) is 1. The van der Waals surface area contributed by atoms with Crippen molar-refractivity contribution >= 4 is 5.78 Å². The summed E-state index contributed by atoms with van der Waals surface area (Å²) in [7, 11) is 0. The van der Waals surface area contributed by atoms with E-state index < -0.39 is 11.9 Å². The second-order valence-electron chi connectivity index (χ2n) is 5.42. The monoisotopic (exact) mass is 251 g/mol. The summed E-state index contributed by atoms with van der Waals surface area (Å²) in [5, 5.41) is 0. The number of fused-ring (bicyclic) bond motifs is 1. The highest BCUT2D eigenvalue weighted by molar-refractivity contribution is 6.00. The summed E-state index contributed by atoms with van der Waals surface area (Å²) >= 11 is 0. The standard InChI is InChI=1S/C14H18FNO2/c1-8(16)13(17)10-4-5-11-9(12(10)15)6-7-14(2,3)18-11/h4-5,8H,6-7,16H2,1-3H3. The molecule has 0 fully saturated rings. The van der Waals surface area contributed by atoms with Gasteiger partial charge in [-0.15, -0.1) is 0 Å². The molecule has 1 aliphatic rings. The summed E-state index contributed by atoms with van der Waals surface area (Å²) in [6.07, 6.45) is 1.31. The topological polar surface area (TPSA) is 52.3 Å². The van der Waals surface area contributed by atoms with Gasteiger partial charge in [0, 0.05) is 5.56 Å². The molecular formula is C14H18FNO2. The van der Waals surface area contributed by atoms with Crippen molar-refractivity contribution in [1.82, 2.24) is 0 Å². The lowest BCUT2D eigenvalue weighted by Crippen LogP contribution is -2.34. The predicted molar refractivity (Wildman–Crippen MR) is 67.4 cm³/mol. The van der Waals surface area contributed by atoms with E-state index in [0.717, 1.165) is 6.42 Å². The molecule has 1 unspecified atom stereocenters. The Morgan fingerprint density at radius 2 is 2.17 bits per heavy atom. The van der Waals surface area contributed by atoms with Crippen LogP contribution in [0.1, 0.15) is 43.1 Å². The largest absolute Gasteiger partial charge is 0.487 e. The number of Topliss-reactive ketones (excluding diaryl/α,β-unsaturated/α-hetero) is 1. The zero-order valence-corrected chi connectivity index (χ0v) is 10.9. The smallest absolute Gasteiger partial charge is 0.182 e. The van der Waals surface area contributed by atoms with E-state index >= 15 is 0 Å². The molecule has 1 heterocycles. The van der Waals surface area contributed by atoms with Crippen molar-refractivity contribution in [3.8, 4) is 5.75 Å². The first-order chi connectivity index (χ1) is 8.32. The second kappa shape index (κ2) is 4.35. The van der Waals surface area contributed by atoms with Gasteiger partial charge in [0.15, 0.2) is 5.78 Å². The molecule has 3 nitrogen and oxygen atoms in total. The van der Waals surface area contributed by atoms with Gasteiger partial charge in [0.25, 0.3) is 0 Å². The number of halogens is 1. The predicted octanol–water partition coefficient (Wildman–Crippen LogP) is 2.46. The number of rotatable bonds is 2. The zero-order valence-electron chi connectivity index (χ0n) is 10.9. The van der Waals surface area contributed by atoms with Gasteiger partial charge in [-0.1, -0.05) is 0 Å². The molecule has 4 heteroatoms. The van der Waals surface area contributed by atoms with E-state index in [1.807, 2.05) is 13.8 Å². The summed E-state index contributed by atoms with van der Waals surface area (Å²) in [5.41, 5.74) is 5.77. The van der Waals surface area contributed by atoms with E-state index in [1.165, 1.54) is 6.07 Å². The van der Waals surface area contributed by atoms with Crippen LogP contribution in [0.4, 0.5) is 4.39 Å². The lowest BCUT2D eigenvalue weighted by Gasteiger charge is -2.33. The molecule has 1 atom stereocenters. The second-order valence-corrected chi connectivity index (χ2v) is 5.42. The van der Waals surface area contributed by atoms with Crippen LogP contribution in [0, 0.1) is 5.82 Å². The third-order valence-electron chi connectivity index (χ3n) is 3.24. The van der Waals surface area contributed by atoms with Gasteiger partial charge in [0.1, 0.15) is 17.2 Å². The van der Waals surface area contributed by atoms with Gasteiger partial charge in [0.2, 0.25) is 0 Å². The lowest BCUT2D eigenvalue weighted by atomic mass is 9.91. The normalized spacial score (nSPS) is 18.7. The van der Waals surface area contributed by atoms with E-state index in [4.69, 9.17) is 10.5 Å². The van der Waals surface area contributed by atoms with Crippen molar-refractivity contribution in [1.29, 1.82) is 0 Å².